The normalized spacial score (nSPS) is 12.7. The Morgan fingerprint density at radius 2 is 2.31 bits per heavy atom. The summed E-state index contributed by atoms with van der Waals surface area (Å²) in [6, 6.07) is 1.66. The molecule has 16 heavy (non-hydrogen) atoms. The number of aromatic nitrogens is 5. The molecular formula is C10H14N6. The minimum absolute atomic E-state index is 0.168. The molecule has 84 valence electrons. The smallest absolute Gasteiger partial charge is 0.125 e. The van der Waals surface area contributed by atoms with Gasteiger partial charge in [-0.2, -0.15) is 0 Å². The summed E-state index contributed by atoms with van der Waals surface area (Å²) in [6.45, 7) is 1.85. The quantitative estimate of drug-likeness (QED) is 0.793. The van der Waals surface area contributed by atoms with Gasteiger partial charge in [0.25, 0.3) is 0 Å². The van der Waals surface area contributed by atoms with Gasteiger partial charge in [0.1, 0.15) is 5.82 Å². The molecule has 0 fully saturated rings. The molecule has 1 atom stereocenters. The topological polar surface area (TPSA) is 82.5 Å². The van der Waals surface area contributed by atoms with Crippen molar-refractivity contribution in [1.82, 2.24) is 25.0 Å². The Labute approximate surface area is 93.5 Å². The molecule has 0 saturated carbocycles. The second kappa shape index (κ2) is 4.36. The molecule has 0 aliphatic carbocycles. The summed E-state index contributed by atoms with van der Waals surface area (Å²) < 4.78 is 1.66. The van der Waals surface area contributed by atoms with E-state index in [1.54, 1.807) is 10.9 Å². The first-order valence-corrected chi connectivity index (χ1v) is 5.05. The van der Waals surface area contributed by atoms with Crippen LogP contribution in [-0.4, -0.2) is 25.0 Å². The molecule has 1 unspecified atom stereocenters. The Morgan fingerprint density at radius 3 is 2.94 bits per heavy atom. The van der Waals surface area contributed by atoms with Crippen LogP contribution in [0.2, 0.25) is 0 Å². The van der Waals surface area contributed by atoms with Crippen LogP contribution in [0.25, 0.3) is 0 Å². The second-order valence-corrected chi connectivity index (χ2v) is 3.72. The highest BCUT2D eigenvalue weighted by Crippen LogP contribution is 2.11. The summed E-state index contributed by atoms with van der Waals surface area (Å²) in [7, 11) is 1.83. The van der Waals surface area contributed by atoms with E-state index in [1.807, 2.05) is 26.2 Å². The van der Waals surface area contributed by atoms with Crippen molar-refractivity contribution < 1.29 is 0 Å². The van der Waals surface area contributed by atoms with Gasteiger partial charge in [0.2, 0.25) is 0 Å². The van der Waals surface area contributed by atoms with Crippen LogP contribution in [0.3, 0.4) is 0 Å². The Morgan fingerprint density at radius 1 is 1.50 bits per heavy atom. The molecule has 0 radical (unpaired) electrons. The van der Waals surface area contributed by atoms with Crippen LogP contribution in [0.15, 0.2) is 18.5 Å². The van der Waals surface area contributed by atoms with Crippen molar-refractivity contribution in [1.29, 1.82) is 0 Å². The van der Waals surface area contributed by atoms with E-state index in [-0.39, 0.29) is 6.04 Å². The maximum absolute atomic E-state index is 6.04. The first-order chi connectivity index (χ1) is 7.65. The monoisotopic (exact) mass is 218 g/mol. The number of aryl methyl sites for hydroxylation is 2. The zero-order valence-corrected chi connectivity index (χ0v) is 9.33. The molecule has 2 N–H and O–H groups in total. The van der Waals surface area contributed by atoms with E-state index in [9.17, 15) is 0 Å². The molecule has 2 rings (SSSR count). The van der Waals surface area contributed by atoms with E-state index in [4.69, 9.17) is 5.73 Å². The van der Waals surface area contributed by atoms with Crippen molar-refractivity contribution in [2.24, 2.45) is 12.8 Å². The Kier molecular flexibility index (Phi) is 2.91. The van der Waals surface area contributed by atoms with Gasteiger partial charge < -0.3 is 5.73 Å². The third-order valence-electron chi connectivity index (χ3n) is 2.26. The summed E-state index contributed by atoms with van der Waals surface area (Å²) in [6.07, 6.45) is 4.20. The van der Waals surface area contributed by atoms with Gasteiger partial charge in [0, 0.05) is 25.9 Å². The Balaban J connectivity index is 2.11. The second-order valence-electron chi connectivity index (χ2n) is 3.72. The number of hydrogen-bond donors (Lipinski definition) is 1. The van der Waals surface area contributed by atoms with Crippen molar-refractivity contribution in [3.8, 4) is 0 Å². The number of nitrogens with two attached hydrogens (primary N) is 1. The van der Waals surface area contributed by atoms with Crippen LogP contribution >= 0.6 is 0 Å². The average molecular weight is 218 g/mol. The highest BCUT2D eigenvalue weighted by atomic mass is 15.4. The highest BCUT2D eigenvalue weighted by molar-refractivity contribution is 5.10. The molecule has 0 saturated heterocycles. The minimum atomic E-state index is -0.168. The molecule has 0 aliphatic rings. The van der Waals surface area contributed by atoms with Crippen LogP contribution in [-0.2, 0) is 13.5 Å². The van der Waals surface area contributed by atoms with Crippen LogP contribution in [0.1, 0.15) is 23.3 Å². The maximum Gasteiger partial charge on any atom is 0.125 e. The van der Waals surface area contributed by atoms with E-state index in [0.717, 1.165) is 17.2 Å². The summed E-state index contributed by atoms with van der Waals surface area (Å²) in [5.74, 6) is 0.729. The van der Waals surface area contributed by atoms with Crippen molar-refractivity contribution in [3.63, 3.8) is 0 Å². The number of rotatable bonds is 3. The molecular weight excluding hydrogens is 204 g/mol. The first-order valence-electron chi connectivity index (χ1n) is 5.05. The molecule has 6 nitrogen and oxygen atoms in total. The fraction of sp³-hybridized carbons (Fsp3) is 0.400. The van der Waals surface area contributed by atoms with Crippen LogP contribution in [0.4, 0.5) is 0 Å². The van der Waals surface area contributed by atoms with E-state index in [0.29, 0.717) is 6.42 Å². The van der Waals surface area contributed by atoms with Gasteiger partial charge in [-0.25, -0.2) is 9.97 Å². The third kappa shape index (κ3) is 2.40. The van der Waals surface area contributed by atoms with Crippen LogP contribution in [0, 0.1) is 6.92 Å². The van der Waals surface area contributed by atoms with E-state index < -0.39 is 0 Å². The lowest BCUT2D eigenvalue weighted by molar-refractivity contribution is 0.671. The van der Waals surface area contributed by atoms with E-state index in [1.165, 1.54) is 0 Å². The SMILES string of the molecule is Cc1nccc(C(N)Cc2cn(C)nn2)n1. The predicted molar refractivity (Wildman–Crippen MR) is 58.4 cm³/mol. The maximum atomic E-state index is 6.04. The lowest BCUT2D eigenvalue weighted by atomic mass is 10.1. The van der Waals surface area contributed by atoms with Crippen molar-refractivity contribution in [3.05, 3.63) is 35.7 Å². The fourth-order valence-corrected chi connectivity index (χ4v) is 1.50. The van der Waals surface area contributed by atoms with E-state index in [2.05, 4.69) is 20.3 Å². The summed E-state index contributed by atoms with van der Waals surface area (Å²) in [5.41, 5.74) is 7.74. The Bertz CT molecular complexity index is 478. The largest absolute Gasteiger partial charge is 0.322 e. The molecule has 0 spiro atoms. The van der Waals surface area contributed by atoms with E-state index >= 15 is 0 Å². The molecule has 0 amide bonds. The van der Waals surface area contributed by atoms with Gasteiger partial charge in [0.15, 0.2) is 0 Å². The average Bonchev–Trinajstić information content (AvgIpc) is 2.64. The molecule has 2 aromatic heterocycles. The van der Waals surface area contributed by atoms with Crippen LogP contribution < -0.4 is 5.73 Å². The van der Waals surface area contributed by atoms with Gasteiger partial charge in [0.05, 0.1) is 17.4 Å². The number of nitrogens with zero attached hydrogens (tertiary/aromatic N) is 5. The lowest BCUT2D eigenvalue weighted by Gasteiger charge is -2.08. The molecule has 0 aromatic carbocycles. The zero-order chi connectivity index (χ0) is 11.5. The molecule has 6 heteroatoms. The van der Waals surface area contributed by atoms with Gasteiger partial charge in [-0.3, -0.25) is 4.68 Å². The molecule has 2 aromatic rings. The van der Waals surface area contributed by atoms with Gasteiger partial charge >= 0.3 is 0 Å². The van der Waals surface area contributed by atoms with Gasteiger partial charge in [-0.1, -0.05) is 5.21 Å². The Hall–Kier alpha value is -1.82. The molecule has 2 heterocycles. The minimum Gasteiger partial charge on any atom is -0.322 e. The van der Waals surface area contributed by atoms with Gasteiger partial charge in [-0.15, -0.1) is 5.10 Å². The lowest BCUT2D eigenvalue weighted by Crippen LogP contribution is -2.15. The predicted octanol–water partition coefficient (Wildman–Crippen LogP) is 0.156. The summed E-state index contributed by atoms with van der Waals surface area (Å²) in [4.78, 5) is 8.32. The first kappa shape index (κ1) is 10.7. The summed E-state index contributed by atoms with van der Waals surface area (Å²) in [5, 5.41) is 7.85. The zero-order valence-electron chi connectivity index (χ0n) is 9.33. The third-order valence-corrected chi connectivity index (χ3v) is 2.26. The van der Waals surface area contributed by atoms with Crippen LogP contribution in [0.5, 0.6) is 0 Å². The summed E-state index contributed by atoms with van der Waals surface area (Å²) >= 11 is 0. The molecule has 0 aliphatic heterocycles. The standard InChI is InChI=1S/C10H14N6/c1-7-12-4-3-10(13-7)9(11)5-8-6-16(2)15-14-8/h3-4,6,9H,5,11H2,1-2H3. The van der Waals surface area contributed by atoms with Crippen molar-refractivity contribution >= 4 is 0 Å². The number of hydrogen-bond acceptors (Lipinski definition) is 5. The van der Waals surface area contributed by atoms with Gasteiger partial charge in [-0.05, 0) is 13.0 Å². The fourth-order valence-electron chi connectivity index (χ4n) is 1.50. The highest BCUT2D eigenvalue weighted by Gasteiger charge is 2.11. The van der Waals surface area contributed by atoms with Crippen molar-refractivity contribution in [2.75, 3.05) is 0 Å². The van der Waals surface area contributed by atoms with Crippen molar-refractivity contribution in [2.45, 2.75) is 19.4 Å². The molecule has 0 bridgehead atoms.